The van der Waals surface area contributed by atoms with Gasteiger partial charge in [0.15, 0.2) is 0 Å². The molecule has 120 valence electrons. The van der Waals surface area contributed by atoms with E-state index in [9.17, 15) is 14.7 Å². The maximum atomic E-state index is 12.3. The summed E-state index contributed by atoms with van der Waals surface area (Å²) >= 11 is 0. The Morgan fingerprint density at radius 1 is 1.32 bits per heavy atom. The van der Waals surface area contributed by atoms with Gasteiger partial charge in [-0.2, -0.15) is 0 Å². The van der Waals surface area contributed by atoms with Crippen molar-refractivity contribution in [2.45, 2.75) is 63.8 Å². The van der Waals surface area contributed by atoms with E-state index in [4.69, 9.17) is 0 Å². The number of pyridine rings is 1. The SMILES string of the molecule is CCC(C)(NC(=O)c1cccc(C2CCCCC2)n1)C(=O)O. The molecule has 0 bridgehead atoms. The molecule has 2 N–H and O–H groups in total. The van der Waals surface area contributed by atoms with Crippen molar-refractivity contribution in [2.75, 3.05) is 0 Å². The minimum atomic E-state index is -1.26. The summed E-state index contributed by atoms with van der Waals surface area (Å²) in [6.45, 7) is 3.25. The molecule has 0 saturated heterocycles. The highest BCUT2D eigenvalue weighted by molar-refractivity contribution is 5.96. The van der Waals surface area contributed by atoms with Gasteiger partial charge in [-0.05, 0) is 38.3 Å². The molecule has 1 amide bonds. The van der Waals surface area contributed by atoms with E-state index in [-0.39, 0.29) is 0 Å². The fourth-order valence-corrected chi connectivity index (χ4v) is 2.81. The van der Waals surface area contributed by atoms with Gasteiger partial charge in [-0.1, -0.05) is 32.3 Å². The van der Waals surface area contributed by atoms with Gasteiger partial charge in [0.05, 0.1) is 0 Å². The summed E-state index contributed by atoms with van der Waals surface area (Å²) < 4.78 is 0. The third kappa shape index (κ3) is 3.64. The van der Waals surface area contributed by atoms with Gasteiger partial charge < -0.3 is 10.4 Å². The molecule has 1 heterocycles. The number of nitrogens with one attached hydrogen (secondary N) is 1. The van der Waals surface area contributed by atoms with E-state index in [2.05, 4.69) is 10.3 Å². The van der Waals surface area contributed by atoms with Crippen LogP contribution in [0.25, 0.3) is 0 Å². The second kappa shape index (κ2) is 6.90. The minimum absolute atomic E-state index is 0.295. The zero-order valence-corrected chi connectivity index (χ0v) is 13.3. The van der Waals surface area contributed by atoms with Crippen molar-refractivity contribution in [2.24, 2.45) is 0 Å². The molecule has 1 unspecified atom stereocenters. The number of hydrogen-bond donors (Lipinski definition) is 2. The number of carbonyl (C=O) groups is 2. The lowest BCUT2D eigenvalue weighted by atomic mass is 9.86. The van der Waals surface area contributed by atoms with Crippen molar-refractivity contribution in [1.82, 2.24) is 10.3 Å². The zero-order valence-electron chi connectivity index (χ0n) is 13.3. The van der Waals surface area contributed by atoms with E-state index >= 15 is 0 Å². The summed E-state index contributed by atoms with van der Waals surface area (Å²) in [7, 11) is 0. The maximum Gasteiger partial charge on any atom is 0.329 e. The molecule has 0 spiro atoms. The number of aromatic nitrogens is 1. The molecule has 1 aromatic heterocycles. The molecule has 1 aliphatic rings. The van der Waals surface area contributed by atoms with Gasteiger partial charge in [0.25, 0.3) is 5.91 Å². The molecule has 5 nitrogen and oxygen atoms in total. The summed E-state index contributed by atoms with van der Waals surface area (Å²) in [5, 5.41) is 11.8. The molecule has 5 heteroatoms. The van der Waals surface area contributed by atoms with Gasteiger partial charge in [0, 0.05) is 11.6 Å². The lowest BCUT2D eigenvalue weighted by Gasteiger charge is -2.25. The Kier molecular flexibility index (Phi) is 5.16. The summed E-state index contributed by atoms with van der Waals surface area (Å²) in [4.78, 5) is 28.1. The lowest BCUT2D eigenvalue weighted by Crippen LogP contribution is -2.51. The van der Waals surface area contributed by atoms with Crippen molar-refractivity contribution in [3.8, 4) is 0 Å². The highest BCUT2D eigenvalue weighted by atomic mass is 16.4. The second-order valence-electron chi connectivity index (χ2n) is 6.23. The molecule has 2 rings (SSSR count). The van der Waals surface area contributed by atoms with Crippen LogP contribution in [-0.2, 0) is 4.79 Å². The van der Waals surface area contributed by atoms with Crippen molar-refractivity contribution in [3.63, 3.8) is 0 Å². The van der Waals surface area contributed by atoms with E-state index in [1.54, 1.807) is 13.0 Å². The first-order valence-electron chi connectivity index (χ1n) is 7.99. The summed E-state index contributed by atoms with van der Waals surface area (Å²) in [6, 6.07) is 5.43. The van der Waals surface area contributed by atoms with Crippen molar-refractivity contribution < 1.29 is 14.7 Å². The Hall–Kier alpha value is -1.91. The average Bonchev–Trinajstić information content (AvgIpc) is 2.55. The molecule has 22 heavy (non-hydrogen) atoms. The van der Waals surface area contributed by atoms with E-state index in [0.717, 1.165) is 18.5 Å². The Bertz CT molecular complexity index is 553. The van der Waals surface area contributed by atoms with Crippen LogP contribution in [-0.4, -0.2) is 27.5 Å². The number of nitrogens with zero attached hydrogens (tertiary/aromatic N) is 1. The van der Waals surface area contributed by atoms with Crippen molar-refractivity contribution in [3.05, 3.63) is 29.6 Å². The Morgan fingerprint density at radius 2 is 2.00 bits per heavy atom. The molecule has 1 aliphatic carbocycles. The smallest absolute Gasteiger partial charge is 0.329 e. The number of rotatable bonds is 5. The Labute approximate surface area is 131 Å². The van der Waals surface area contributed by atoms with E-state index in [0.29, 0.717) is 18.0 Å². The number of hydrogen-bond acceptors (Lipinski definition) is 3. The summed E-state index contributed by atoms with van der Waals surface area (Å²) in [5.41, 5.74) is -0.0237. The fraction of sp³-hybridized carbons (Fsp3) is 0.588. The molecule has 1 fully saturated rings. The molecule has 1 aromatic rings. The lowest BCUT2D eigenvalue weighted by molar-refractivity contribution is -0.143. The predicted octanol–water partition coefficient (Wildman–Crippen LogP) is 3.11. The average molecular weight is 304 g/mol. The molecule has 1 saturated carbocycles. The fourth-order valence-electron chi connectivity index (χ4n) is 2.81. The van der Waals surface area contributed by atoms with Crippen LogP contribution in [0.3, 0.4) is 0 Å². The first kappa shape index (κ1) is 16.5. The molecule has 0 aliphatic heterocycles. The maximum absolute atomic E-state index is 12.3. The number of amides is 1. The van der Waals surface area contributed by atoms with Crippen LogP contribution >= 0.6 is 0 Å². The van der Waals surface area contributed by atoms with E-state index in [1.165, 1.54) is 26.2 Å². The van der Waals surface area contributed by atoms with Gasteiger partial charge >= 0.3 is 5.97 Å². The van der Waals surface area contributed by atoms with E-state index < -0.39 is 17.4 Å². The van der Waals surface area contributed by atoms with Gasteiger partial charge in [-0.25, -0.2) is 9.78 Å². The van der Waals surface area contributed by atoms with Crippen molar-refractivity contribution in [1.29, 1.82) is 0 Å². The normalized spacial score (nSPS) is 18.5. The quantitative estimate of drug-likeness (QED) is 0.876. The van der Waals surface area contributed by atoms with Gasteiger partial charge in [0.2, 0.25) is 0 Å². The monoisotopic (exact) mass is 304 g/mol. The number of carboxylic acid groups (broad SMARTS) is 1. The third-order valence-corrected chi connectivity index (χ3v) is 4.60. The summed E-state index contributed by atoms with van der Waals surface area (Å²) in [6.07, 6.45) is 6.21. The molecular weight excluding hydrogens is 280 g/mol. The standard InChI is InChI=1S/C17H24N2O3/c1-3-17(2,16(21)22)19-15(20)14-11-7-10-13(18-14)12-8-5-4-6-9-12/h7,10-12H,3-6,8-9H2,1-2H3,(H,19,20)(H,21,22). The first-order chi connectivity index (χ1) is 10.5. The zero-order chi connectivity index (χ0) is 16.2. The minimum Gasteiger partial charge on any atom is -0.480 e. The Balaban J connectivity index is 2.14. The number of carbonyl (C=O) groups excluding carboxylic acids is 1. The topological polar surface area (TPSA) is 79.3 Å². The predicted molar refractivity (Wildman–Crippen MR) is 83.9 cm³/mol. The molecule has 1 atom stereocenters. The molecular formula is C17H24N2O3. The van der Waals surface area contributed by atoms with Crippen LogP contribution in [0.4, 0.5) is 0 Å². The van der Waals surface area contributed by atoms with Crippen LogP contribution in [0.5, 0.6) is 0 Å². The van der Waals surface area contributed by atoms with Crippen LogP contribution in [0.1, 0.15) is 74.5 Å². The number of carboxylic acids is 1. The molecule has 0 radical (unpaired) electrons. The van der Waals surface area contributed by atoms with Gasteiger partial charge in [0.1, 0.15) is 11.2 Å². The van der Waals surface area contributed by atoms with Crippen molar-refractivity contribution >= 4 is 11.9 Å². The second-order valence-corrected chi connectivity index (χ2v) is 6.23. The first-order valence-corrected chi connectivity index (χ1v) is 7.99. The van der Waals surface area contributed by atoms with Crippen LogP contribution in [0.2, 0.25) is 0 Å². The summed E-state index contributed by atoms with van der Waals surface area (Å²) in [5.74, 6) is -1.05. The largest absolute Gasteiger partial charge is 0.480 e. The molecule has 0 aromatic carbocycles. The Morgan fingerprint density at radius 3 is 2.59 bits per heavy atom. The van der Waals surface area contributed by atoms with Crippen LogP contribution in [0.15, 0.2) is 18.2 Å². The highest BCUT2D eigenvalue weighted by Gasteiger charge is 2.33. The number of aliphatic carboxylic acids is 1. The van der Waals surface area contributed by atoms with Gasteiger partial charge in [-0.3, -0.25) is 4.79 Å². The van der Waals surface area contributed by atoms with E-state index in [1.807, 2.05) is 12.1 Å². The van der Waals surface area contributed by atoms with Crippen LogP contribution < -0.4 is 5.32 Å². The third-order valence-electron chi connectivity index (χ3n) is 4.60. The highest BCUT2D eigenvalue weighted by Crippen LogP contribution is 2.31. The van der Waals surface area contributed by atoms with Crippen LogP contribution in [0, 0.1) is 0 Å². The van der Waals surface area contributed by atoms with Gasteiger partial charge in [-0.15, -0.1) is 0 Å².